The van der Waals surface area contributed by atoms with Crippen LogP contribution in [-0.4, -0.2) is 27.7 Å². The third-order valence-electron chi connectivity index (χ3n) is 4.92. The van der Waals surface area contributed by atoms with Crippen molar-refractivity contribution in [2.75, 3.05) is 6.61 Å². The van der Waals surface area contributed by atoms with Crippen molar-refractivity contribution in [1.29, 1.82) is 0 Å². The van der Waals surface area contributed by atoms with Crippen LogP contribution in [0.2, 0.25) is 5.02 Å². The Morgan fingerprint density at radius 2 is 1.69 bits per heavy atom. The highest BCUT2D eigenvalue weighted by Gasteiger charge is 2.56. The molecule has 0 radical (unpaired) electrons. The van der Waals surface area contributed by atoms with Crippen LogP contribution in [0.4, 0.5) is 22.0 Å². The predicted octanol–water partition coefficient (Wildman–Crippen LogP) is 5.79. The van der Waals surface area contributed by atoms with Gasteiger partial charge in [-0.25, -0.2) is 13.5 Å². The molecule has 1 aromatic heterocycles. The number of hydrogen-bond acceptors (Lipinski definition) is 3. The largest absolute Gasteiger partial charge is 0.487 e. The van der Waals surface area contributed by atoms with Gasteiger partial charge in [0.05, 0.1) is 17.4 Å². The SMILES string of the molecule is OC(COc1ccc(Cl)cc1F)(c1ccc2c(cnn2-c2ccc(F)cc2)c1)C(F)(F)F. The summed E-state index contributed by atoms with van der Waals surface area (Å²) in [6, 6.07) is 12.2. The smallest absolute Gasteiger partial charge is 0.424 e. The fourth-order valence-corrected chi connectivity index (χ4v) is 3.34. The fraction of sp³-hybridized carbons (Fsp3) is 0.136. The van der Waals surface area contributed by atoms with Crippen LogP contribution in [0.15, 0.2) is 66.9 Å². The van der Waals surface area contributed by atoms with Crippen molar-refractivity contribution in [2.45, 2.75) is 11.8 Å². The van der Waals surface area contributed by atoms with Crippen molar-refractivity contribution in [1.82, 2.24) is 9.78 Å². The van der Waals surface area contributed by atoms with E-state index in [1.54, 1.807) is 0 Å². The number of fused-ring (bicyclic) bond motifs is 1. The minimum absolute atomic E-state index is 0.0459. The van der Waals surface area contributed by atoms with Crippen LogP contribution in [0.1, 0.15) is 5.56 Å². The van der Waals surface area contributed by atoms with Crippen molar-refractivity contribution in [3.63, 3.8) is 0 Å². The van der Waals surface area contributed by atoms with E-state index in [0.29, 0.717) is 16.6 Å². The summed E-state index contributed by atoms with van der Waals surface area (Å²) >= 11 is 5.63. The molecule has 10 heteroatoms. The third-order valence-corrected chi connectivity index (χ3v) is 5.15. The maximum absolute atomic E-state index is 13.9. The van der Waals surface area contributed by atoms with Gasteiger partial charge in [0.2, 0.25) is 5.60 Å². The zero-order valence-electron chi connectivity index (χ0n) is 16.1. The minimum Gasteiger partial charge on any atom is -0.487 e. The van der Waals surface area contributed by atoms with Crippen LogP contribution in [0.25, 0.3) is 16.6 Å². The molecule has 166 valence electrons. The Hall–Kier alpha value is -3.17. The Labute approximate surface area is 183 Å². The molecule has 4 aromatic rings. The molecule has 0 bridgehead atoms. The molecular formula is C22H14ClF5N2O2. The summed E-state index contributed by atoms with van der Waals surface area (Å²) in [6.07, 6.45) is -3.81. The van der Waals surface area contributed by atoms with Gasteiger partial charge < -0.3 is 9.84 Å². The molecule has 0 amide bonds. The van der Waals surface area contributed by atoms with Crippen molar-refractivity contribution < 1.29 is 31.8 Å². The van der Waals surface area contributed by atoms with Crippen molar-refractivity contribution in [3.05, 3.63) is 89.1 Å². The van der Waals surface area contributed by atoms with Crippen molar-refractivity contribution in [3.8, 4) is 11.4 Å². The van der Waals surface area contributed by atoms with Crippen LogP contribution in [0.3, 0.4) is 0 Å². The average molecular weight is 469 g/mol. The molecule has 0 fully saturated rings. The summed E-state index contributed by atoms with van der Waals surface area (Å²) in [5.41, 5.74) is -2.99. The Kier molecular flexibility index (Phi) is 5.56. The minimum atomic E-state index is -5.13. The highest BCUT2D eigenvalue weighted by molar-refractivity contribution is 6.30. The molecule has 0 saturated carbocycles. The Morgan fingerprint density at radius 1 is 0.969 bits per heavy atom. The molecule has 0 aliphatic carbocycles. The van der Waals surface area contributed by atoms with E-state index < -0.39 is 41.3 Å². The van der Waals surface area contributed by atoms with Crippen LogP contribution in [0, 0.1) is 11.6 Å². The predicted molar refractivity (Wildman–Crippen MR) is 108 cm³/mol. The summed E-state index contributed by atoms with van der Waals surface area (Å²) in [4.78, 5) is 0. The Bertz CT molecular complexity index is 1270. The molecule has 32 heavy (non-hydrogen) atoms. The second-order valence-corrected chi connectivity index (χ2v) is 7.46. The molecule has 1 heterocycles. The van der Waals surface area contributed by atoms with Crippen LogP contribution in [0.5, 0.6) is 5.75 Å². The second kappa shape index (κ2) is 8.07. The lowest BCUT2D eigenvalue weighted by molar-refractivity contribution is -0.275. The van der Waals surface area contributed by atoms with Gasteiger partial charge >= 0.3 is 6.18 Å². The Morgan fingerprint density at radius 3 is 2.34 bits per heavy atom. The molecule has 0 aliphatic rings. The molecular weight excluding hydrogens is 455 g/mol. The number of benzene rings is 3. The number of aromatic nitrogens is 2. The van der Waals surface area contributed by atoms with Crippen molar-refractivity contribution in [2.24, 2.45) is 0 Å². The van der Waals surface area contributed by atoms with Gasteiger partial charge in [0.15, 0.2) is 11.6 Å². The maximum atomic E-state index is 13.9. The van der Waals surface area contributed by atoms with E-state index >= 15 is 0 Å². The molecule has 4 nitrogen and oxygen atoms in total. The number of rotatable bonds is 5. The molecule has 1 N–H and O–H groups in total. The van der Waals surface area contributed by atoms with Gasteiger partial charge in [-0.3, -0.25) is 0 Å². The molecule has 3 aromatic carbocycles. The number of ether oxygens (including phenoxy) is 1. The van der Waals surface area contributed by atoms with E-state index in [1.165, 1.54) is 47.3 Å². The van der Waals surface area contributed by atoms with E-state index in [0.717, 1.165) is 24.3 Å². The molecule has 0 spiro atoms. The first kappa shape index (κ1) is 22.0. The van der Waals surface area contributed by atoms with E-state index in [9.17, 15) is 27.1 Å². The van der Waals surface area contributed by atoms with Crippen molar-refractivity contribution >= 4 is 22.5 Å². The summed E-state index contributed by atoms with van der Waals surface area (Å²) < 4.78 is 75.1. The highest BCUT2D eigenvalue weighted by Crippen LogP contribution is 2.40. The van der Waals surface area contributed by atoms with Gasteiger partial charge in [0.25, 0.3) is 0 Å². The zero-order chi connectivity index (χ0) is 23.1. The van der Waals surface area contributed by atoms with Crippen LogP contribution >= 0.6 is 11.6 Å². The van der Waals surface area contributed by atoms with E-state index in [2.05, 4.69) is 5.10 Å². The topological polar surface area (TPSA) is 47.3 Å². The summed E-state index contributed by atoms with van der Waals surface area (Å²) in [5.74, 6) is -1.89. The maximum Gasteiger partial charge on any atom is 0.424 e. The molecule has 4 rings (SSSR count). The molecule has 0 aliphatic heterocycles. The third kappa shape index (κ3) is 4.01. The monoisotopic (exact) mass is 468 g/mol. The second-order valence-electron chi connectivity index (χ2n) is 7.03. The van der Waals surface area contributed by atoms with Gasteiger partial charge in [-0.05, 0) is 60.2 Å². The van der Waals surface area contributed by atoms with Gasteiger partial charge in [-0.2, -0.15) is 18.3 Å². The van der Waals surface area contributed by atoms with Gasteiger partial charge in [0.1, 0.15) is 12.4 Å². The summed E-state index contributed by atoms with van der Waals surface area (Å²) in [6.45, 7) is -1.29. The number of halogens is 6. The lowest BCUT2D eigenvalue weighted by Gasteiger charge is -2.31. The zero-order valence-corrected chi connectivity index (χ0v) is 16.8. The van der Waals surface area contributed by atoms with Gasteiger partial charge in [-0.1, -0.05) is 17.7 Å². The van der Waals surface area contributed by atoms with Crippen LogP contribution < -0.4 is 4.74 Å². The first-order chi connectivity index (χ1) is 15.1. The summed E-state index contributed by atoms with van der Waals surface area (Å²) in [5, 5.41) is 15.0. The van der Waals surface area contributed by atoms with Gasteiger partial charge in [0, 0.05) is 10.4 Å². The number of hydrogen-bond donors (Lipinski definition) is 1. The first-order valence-corrected chi connectivity index (χ1v) is 9.57. The first-order valence-electron chi connectivity index (χ1n) is 9.20. The quantitative estimate of drug-likeness (QED) is 0.377. The highest BCUT2D eigenvalue weighted by atomic mass is 35.5. The van der Waals surface area contributed by atoms with E-state index in [1.807, 2.05) is 0 Å². The number of alkyl halides is 3. The van der Waals surface area contributed by atoms with E-state index in [-0.39, 0.29) is 5.02 Å². The molecule has 1 atom stereocenters. The van der Waals surface area contributed by atoms with Gasteiger partial charge in [-0.15, -0.1) is 0 Å². The number of nitrogens with zero attached hydrogens (tertiary/aromatic N) is 2. The van der Waals surface area contributed by atoms with E-state index in [4.69, 9.17) is 16.3 Å². The standard InChI is InChI=1S/C22H14ClF5N2O2/c23-15-2-8-20(18(25)10-15)32-12-21(31,22(26,27)28)14-1-7-19-13(9-14)11-29-30(19)17-5-3-16(24)4-6-17/h1-11,31H,12H2. The normalized spacial score (nSPS) is 13.8. The molecule has 1 unspecified atom stereocenters. The Balaban J connectivity index is 1.70. The lowest BCUT2D eigenvalue weighted by Crippen LogP contribution is -2.47. The fourth-order valence-electron chi connectivity index (χ4n) is 3.18. The average Bonchev–Trinajstić information content (AvgIpc) is 3.16. The lowest BCUT2D eigenvalue weighted by atomic mass is 9.93. The van der Waals surface area contributed by atoms with Crippen LogP contribution in [-0.2, 0) is 5.60 Å². The summed E-state index contributed by atoms with van der Waals surface area (Å²) in [7, 11) is 0. The molecule has 0 saturated heterocycles. The number of aliphatic hydroxyl groups is 1.